The van der Waals surface area contributed by atoms with Crippen LogP contribution in [0.4, 0.5) is 4.79 Å². The Hall–Kier alpha value is -2.34. The number of benzene rings is 2. The molecule has 26 heavy (non-hydrogen) atoms. The molecule has 1 atom stereocenters. The van der Waals surface area contributed by atoms with Crippen LogP contribution in [0, 0.1) is 5.41 Å². The molecule has 0 aliphatic rings. The summed E-state index contributed by atoms with van der Waals surface area (Å²) in [6.45, 7) is 5.54. The zero-order valence-corrected chi connectivity index (χ0v) is 16.1. The van der Waals surface area contributed by atoms with Gasteiger partial charge in [0.25, 0.3) is 0 Å². The van der Waals surface area contributed by atoms with E-state index in [0.717, 1.165) is 5.56 Å². The van der Waals surface area contributed by atoms with E-state index in [2.05, 4.69) is 0 Å². The lowest BCUT2D eigenvalue weighted by atomic mass is 9.74. The summed E-state index contributed by atoms with van der Waals surface area (Å²) in [7, 11) is -3.70. The van der Waals surface area contributed by atoms with Crippen LogP contribution in [0.1, 0.15) is 26.3 Å². The lowest BCUT2D eigenvalue weighted by molar-refractivity contribution is -0.0470. The number of primary amides is 1. The lowest BCUT2D eigenvalue weighted by Crippen LogP contribution is -2.54. The van der Waals surface area contributed by atoms with Gasteiger partial charge in [-0.25, -0.2) is 13.2 Å². The van der Waals surface area contributed by atoms with Crippen molar-refractivity contribution in [3.05, 3.63) is 66.2 Å². The number of ether oxygens (including phenoxy) is 1. The molecule has 0 bridgehead atoms. The van der Waals surface area contributed by atoms with Crippen molar-refractivity contribution in [3.63, 3.8) is 0 Å². The van der Waals surface area contributed by atoms with Crippen LogP contribution in [0.2, 0.25) is 0 Å². The summed E-state index contributed by atoms with van der Waals surface area (Å²) in [5.41, 5.74) is 4.22. The third kappa shape index (κ3) is 4.64. The van der Waals surface area contributed by atoms with Crippen molar-refractivity contribution in [2.75, 3.05) is 5.75 Å². The van der Waals surface area contributed by atoms with Gasteiger partial charge in [0.05, 0.1) is 10.6 Å². The van der Waals surface area contributed by atoms with Gasteiger partial charge in [0.1, 0.15) is 5.60 Å². The molecule has 1 unspecified atom stereocenters. The van der Waals surface area contributed by atoms with Gasteiger partial charge in [0.2, 0.25) is 0 Å². The van der Waals surface area contributed by atoms with E-state index in [-0.39, 0.29) is 17.1 Å². The predicted molar refractivity (Wildman–Crippen MR) is 101 cm³/mol. The summed E-state index contributed by atoms with van der Waals surface area (Å²) < 4.78 is 31.6. The fraction of sp³-hybridized carbons (Fsp3) is 0.350. The Balaban J connectivity index is 2.53. The third-order valence-electron chi connectivity index (χ3n) is 4.52. The van der Waals surface area contributed by atoms with Gasteiger partial charge in [-0.1, -0.05) is 69.3 Å². The van der Waals surface area contributed by atoms with Crippen LogP contribution in [-0.4, -0.2) is 25.9 Å². The van der Waals surface area contributed by atoms with Crippen molar-refractivity contribution < 1.29 is 17.9 Å². The smallest absolute Gasteiger partial charge is 0.405 e. The highest BCUT2D eigenvalue weighted by Gasteiger charge is 2.49. The SMILES string of the molecule is CC(C)(C)C(Cc1ccccc1)(CS(=O)(=O)c1ccccc1)OC(N)=O. The van der Waals surface area contributed by atoms with Crippen molar-refractivity contribution >= 4 is 15.9 Å². The molecule has 2 rings (SSSR count). The van der Waals surface area contributed by atoms with Crippen molar-refractivity contribution in [3.8, 4) is 0 Å². The van der Waals surface area contributed by atoms with Crippen LogP contribution < -0.4 is 5.73 Å². The average Bonchev–Trinajstić information content (AvgIpc) is 2.54. The number of nitrogens with two attached hydrogens (primary N) is 1. The summed E-state index contributed by atoms with van der Waals surface area (Å²) in [5, 5.41) is 0. The minimum atomic E-state index is -3.70. The lowest BCUT2D eigenvalue weighted by Gasteiger charge is -2.43. The van der Waals surface area contributed by atoms with E-state index in [1.54, 1.807) is 18.2 Å². The number of hydrogen-bond acceptors (Lipinski definition) is 4. The van der Waals surface area contributed by atoms with E-state index in [9.17, 15) is 13.2 Å². The monoisotopic (exact) mass is 375 g/mol. The van der Waals surface area contributed by atoms with E-state index in [1.165, 1.54) is 12.1 Å². The van der Waals surface area contributed by atoms with Gasteiger partial charge in [-0.05, 0) is 17.7 Å². The number of rotatable bonds is 6. The maximum Gasteiger partial charge on any atom is 0.405 e. The molecule has 2 N–H and O–H groups in total. The fourth-order valence-electron chi connectivity index (χ4n) is 2.89. The zero-order chi connectivity index (χ0) is 19.4. The molecule has 0 saturated heterocycles. The summed E-state index contributed by atoms with van der Waals surface area (Å²) in [6, 6.07) is 17.5. The predicted octanol–water partition coefficient (Wildman–Crippen LogP) is 3.58. The van der Waals surface area contributed by atoms with Crippen molar-refractivity contribution in [2.24, 2.45) is 11.1 Å². The second-order valence-corrected chi connectivity index (χ2v) is 9.39. The Morgan fingerprint density at radius 1 is 0.962 bits per heavy atom. The minimum Gasteiger partial charge on any atom is -0.441 e. The highest BCUT2D eigenvalue weighted by molar-refractivity contribution is 7.91. The summed E-state index contributed by atoms with van der Waals surface area (Å²) >= 11 is 0. The molecule has 0 spiro atoms. The number of sulfone groups is 1. The van der Waals surface area contributed by atoms with Gasteiger partial charge in [0, 0.05) is 11.8 Å². The van der Waals surface area contributed by atoms with Gasteiger partial charge < -0.3 is 10.5 Å². The van der Waals surface area contributed by atoms with Gasteiger partial charge in [0.15, 0.2) is 9.84 Å². The first-order valence-corrected chi connectivity index (χ1v) is 10.0. The summed E-state index contributed by atoms with van der Waals surface area (Å²) in [4.78, 5) is 11.9. The van der Waals surface area contributed by atoms with Gasteiger partial charge in [-0.2, -0.15) is 0 Å². The standard InChI is InChI=1S/C20H25NO4S/c1-19(2,3)20(25-18(21)22,14-16-10-6-4-7-11-16)15-26(23,24)17-12-8-5-9-13-17/h4-13H,14-15H2,1-3H3,(H2,21,22). The average molecular weight is 375 g/mol. The first-order valence-electron chi connectivity index (χ1n) is 8.36. The summed E-state index contributed by atoms with van der Waals surface area (Å²) in [5.74, 6) is -0.356. The number of carbonyl (C=O) groups is 1. The van der Waals surface area contributed by atoms with E-state index in [4.69, 9.17) is 10.5 Å². The highest BCUT2D eigenvalue weighted by Crippen LogP contribution is 2.39. The van der Waals surface area contributed by atoms with Crippen molar-refractivity contribution in [1.29, 1.82) is 0 Å². The molecule has 6 heteroatoms. The molecule has 0 radical (unpaired) electrons. The molecule has 0 aromatic heterocycles. The van der Waals surface area contributed by atoms with Crippen molar-refractivity contribution in [1.82, 2.24) is 0 Å². The molecule has 2 aromatic carbocycles. The van der Waals surface area contributed by atoms with Gasteiger partial charge in [-0.15, -0.1) is 0 Å². The van der Waals surface area contributed by atoms with Crippen LogP contribution in [-0.2, 0) is 21.0 Å². The van der Waals surface area contributed by atoms with Crippen LogP contribution >= 0.6 is 0 Å². The topological polar surface area (TPSA) is 86.5 Å². The molecule has 140 valence electrons. The van der Waals surface area contributed by atoms with Crippen LogP contribution in [0.5, 0.6) is 0 Å². The Labute approximate surface area is 155 Å². The first-order chi connectivity index (χ1) is 12.1. The molecule has 1 amide bonds. The normalized spacial score (nSPS) is 14.4. The number of hydrogen-bond donors (Lipinski definition) is 1. The minimum absolute atomic E-state index is 0.190. The molecule has 0 aliphatic carbocycles. The molecule has 2 aromatic rings. The van der Waals surface area contributed by atoms with E-state index >= 15 is 0 Å². The van der Waals surface area contributed by atoms with Crippen LogP contribution in [0.3, 0.4) is 0 Å². The van der Waals surface area contributed by atoms with E-state index in [1.807, 2.05) is 51.1 Å². The Morgan fingerprint density at radius 3 is 1.92 bits per heavy atom. The number of carbonyl (C=O) groups excluding carboxylic acids is 1. The maximum absolute atomic E-state index is 13.0. The molecule has 0 aliphatic heterocycles. The first kappa shape index (κ1) is 20.0. The van der Waals surface area contributed by atoms with Crippen LogP contribution in [0.15, 0.2) is 65.6 Å². The van der Waals surface area contributed by atoms with Gasteiger partial charge >= 0.3 is 6.09 Å². The maximum atomic E-state index is 13.0. The van der Waals surface area contributed by atoms with Crippen LogP contribution in [0.25, 0.3) is 0 Å². The molecule has 0 heterocycles. The Bertz CT molecular complexity index is 842. The largest absolute Gasteiger partial charge is 0.441 e. The van der Waals surface area contributed by atoms with Crippen molar-refractivity contribution in [2.45, 2.75) is 37.7 Å². The number of amides is 1. The summed E-state index contributed by atoms with van der Waals surface area (Å²) in [6.07, 6.45) is -0.745. The molecular weight excluding hydrogens is 350 g/mol. The Morgan fingerprint density at radius 2 is 1.46 bits per heavy atom. The zero-order valence-electron chi connectivity index (χ0n) is 15.3. The second-order valence-electron chi connectivity index (χ2n) is 7.40. The highest BCUT2D eigenvalue weighted by atomic mass is 32.2. The molecular formula is C20H25NO4S. The van der Waals surface area contributed by atoms with E-state index in [0.29, 0.717) is 0 Å². The Kier molecular flexibility index (Phi) is 5.76. The fourth-order valence-corrected chi connectivity index (χ4v) is 4.83. The second kappa shape index (κ2) is 7.50. The molecule has 0 saturated carbocycles. The molecule has 0 fully saturated rings. The van der Waals surface area contributed by atoms with E-state index < -0.39 is 26.9 Å². The third-order valence-corrected chi connectivity index (χ3v) is 6.36. The molecule has 5 nitrogen and oxygen atoms in total. The van der Waals surface area contributed by atoms with Gasteiger partial charge in [-0.3, -0.25) is 0 Å². The quantitative estimate of drug-likeness (QED) is 0.836.